The van der Waals surface area contributed by atoms with Crippen LogP contribution in [0.15, 0.2) is 29.4 Å². The standard InChI is InChI=1S/C10H12F3N3O/c1-16(6-10(11,12)13)8-4-2-7(3-5-8)9(14)15-17/h2-5,17H,6H2,1H3,(H2,14,15). The summed E-state index contributed by atoms with van der Waals surface area (Å²) in [7, 11) is 1.34. The van der Waals surface area contributed by atoms with Gasteiger partial charge in [-0.15, -0.1) is 0 Å². The van der Waals surface area contributed by atoms with Gasteiger partial charge in [0.15, 0.2) is 5.84 Å². The van der Waals surface area contributed by atoms with Gasteiger partial charge >= 0.3 is 6.18 Å². The highest BCUT2D eigenvalue weighted by Crippen LogP contribution is 2.20. The van der Waals surface area contributed by atoms with Crippen LogP contribution in [0.25, 0.3) is 0 Å². The molecular weight excluding hydrogens is 235 g/mol. The SMILES string of the molecule is CN(CC(F)(F)F)c1ccc(/C(N)=N/O)cc1. The van der Waals surface area contributed by atoms with Crippen molar-refractivity contribution >= 4 is 11.5 Å². The third-order valence-electron chi connectivity index (χ3n) is 2.13. The lowest BCUT2D eigenvalue weighted by molar-refractivity contribution is -0.119. The van der Waals surface area contributed by atoms with Crippen LogP contribution in [-0.2, 0) is 0 Å². The minimum absolute atomic E-state index is 0.0879. The molecule has 0 fully saturated rings. The van der Waals surface area contributed by atoms with Gasteiger partial charge in [0.25, 0.3) is 0 Å². The molecule has 0 saturated heterocycles. The maximum absolute atomic E-state index is 12.1. The molecular formula is C10H12F3N3O. The molecule has 0 saturated carbocycles. The molecule has 0 amide bonds. The Morgan fingerprint density at radius 3 is 2.29 bits per heavy atom. The number of amidine groups is 1. The molecule has 0 spiro atoms. The van der Waals surface area contributed by atoms with E-state index < -0.39 is 12.7 Å². The molecule has 0 aliphatic carbocycles. The van der Waals surface area contributed by atoms with Crippen molar-refractivity contribution < 1.29 is 18.4 Å². The van der Waals surface area contributed by atoms with Crippen molar-refractivity contribution in [3.63, 3.8) is 0 Å². The van der Waals surface area contributed by atoms with Crippen LogP contribution in [0.4, 0.5) is 18.9 Å². The van der Waals surface area contributed by atoms with Gasteiger partial charge in [-0.25, -0.2) is 0 Å². The fourth-order valence-electron chi connectivity index (χ4n) is 1.30. The zero-order valence-corrected chi connectivity index (χ0v) is 9.07. The highest BCUT2D eigenvalue weighted by atomic mass is 19.4. The fourth-order valence-corrected chi connectivity index (χ4v) is 1.30. The second-order valence-corrected chi connectivity index (χ2v) is 3.50. The van der Waals surface area contributed by atoms with Crippen LogP contribution in [-0.4, -0.2) is 30.8 Å². The molecule has 0 bridgehead atoms. The van der Waals surface area contributed by atoms with Gasteiger partial charge in [-0.3, -0.25) is 0 Å². The van der Waals surface area contributed by atoms with Crippen molar-refractivity contribution in [1.29, 1.82) is 0 Å². The van der Waals surface area contributed by atoms with Crippen LogP contribution < -0.4 is 10.6 Å². The summed E-state index contributed by atoms with van der Waals surface area (Å²) in [4.78, 5) is 1.07. The first-order valence-corrected chi connectivity index (χ1v) is 4.69. The normalized spacial score (nSPS) is 12.6. The van der Waals surface area contributed by atoms with Crippen molar-refractivity contribution in [2.45, 2.75) is 6.18 Å². The predicted molar refractivity (Wildman–Crippen MR) is 58.3 cm³/mol. The van der Waals surface area contributed by atoms with E-state index in [4.69, 9.17) is 10.9 Å². The van der Waals surface area contributed by atoms with Crippen molar-refractivity contribution in [2.75, 3.05) is 18.5 Å². The first-order valence-electron chi connectivity index (χ1n) is 4.69. The largest absolute Gasteiger partial charge is 0.409 e. The maximum Gasteiger partial charge on any atom is 0.405 e. The number of halogens is 3. The third-order valence-corrected chi connectivity index (χ3v) is 2.13. The first kappa shape index (κ1) is 13.1. The minimum Gasteiger partial charge on any atom is -0.409 e. The second-order valence-electron chi connectivity index (χ2n) is 3.50. The number of rotatable bonds is 3. The number of oxime groups is 1. The van der Waals surface area contributed by atoms with E-state index in [1.165, 1.54) is 31.3 Å². The van der Waals surface area contributed by atoms with Crippen LogP contribution in [0.2, 0.25) is 0 Å². The summed E-state index contributed by atoms with van der Waals surface area (Å²) in [5.74, 6) is -0.0879. The van der Waals surface area contributed by atoms with Crippen LogP contribution >= 0.6 is 0 Å². The van der Waals surface area contributed by atoms with Crippen LogP contribution in [0.1, 0.15) is 5.56 Å². The van der Waals surface area contributed by atoms with E-state index in [0.29, 0.717) is 11.3 Å². The quantitative estimate of drug-likeness (QED) is 0.370. The minimum atomic E-state index is -4.25. The molecule has 1 aromatic carbocycles. The molecule has 0 aromatic heterocycles. The molecule has 17 heavy (non-hydrogen) atoms. The molecule has 0 radical (unpaired) electrons. The number of anilines is 1. The number of hydrogen-bond donors (Lipinski definition) is 2. The van der Waals surface area contributed by atoms with Gasteiger partial charge in [-0.1, -0.05) is 5.16 Å². The summed E-state index contributed by atoms with van der Waals surface area (Å²) >= 11 is 0. The van der Waals surface area contributed by atoms with Crippen molar-refractivity contribution in [1.82, 2.24) is 0 Å². The van der Waals surface area contributed by atoms with Gasteiger partial charge in [-0.2, -0.15) is 13.2 Å². The highest BCUT2D eigenvalue weighted by molar-refractivity contribution is 5.97. The van der Waals surface area contributed by atoms with E-state index in [9.17, 15) is 13.2 Å². The van der Waals surface area contributed by atoms with E-state index in [1.807, 2.05) is 0 Å². The van der Waals surface area contributed by atoms with Crippen molar-refractivity contribution in [3.8, 4) is 0 Å². The van der Waals surface area contributed by atoms with E-state index in [1.54, 1.807) is 0 Å². The Bertz CT molecular complexity index is 400. The summed E-state index contributed by atoms with van der Waals surface area (Å²) in [5, 5.41) is 11.2. The van der Waals surface area contributed by atoms with Gasteiger partial charge < -0.3 is 15.8 Å². The molecule has 0 aliphatic rings. The van der Waals surface area contributed by atoms with Crippen molar-refractivity contribution in [2.24, 2.45) is 10.9 Å². The Hall–Kier alpha value is -1.92. The Balaban J connectivity index is 2.81. The van der Waals surface area contributed by atoms with E-state index >= 15 is 0 Å². The number of nitrogens with two attached hydrogens (primary N) is 1. The average molecular weight is 247 g/mol. The van der Waals surface area contributed by atoms with E-state index in [-0.39, 0.29) is 5.84 Å². The van der Waals surface area contributed by atoms with Crippen LogP contribution in [0.3, 0.4) is 0 Å². The molecule has 0 heterocycles. The van der Waals surface area contributed by atoms with Gasteiger partial charge in [0, 0.05) is 18.3 Å². The Morgan fingerprint density at radius 1 is 1.35 bits per heavy atom. The summed E-state index contributed by atoms with van der Waals surface area (Å²) < 4.78 is 36.4. The summed E-state index contributed by atoms with van der Waals surface area (Å²) in [6.07, 6.45) is -4.25. The monoisotopic (exact) mass is 247 g/mol. The zero-order valence-electron chi connectivity index (χ0n) is 9.07. The number of hydrogen-bond acceptors (Lipinski definition) is 3. The molecule has 94 valence electrons. The Morgan fingerprint density at radius 2 is 1.88 bits per heavy atom. The summed E-state index contributed by atoms with van der Waals surface area (Å²) in [5.41, 5.74) is 6.17. The lowest BCUT2D eigenvalue weighted by Crippen LogP contribution is -2.30. The van der Waals surface area contributed by atoms with Gasteiger partial charge in [-0.05, 0) is 24.3 Å². The molecule has 4 nitrogen and oxygen atoms in total. The average Bonchev–Trinajstić information content (AvgIpc) is 2.26. The van der Waals surface area contributed by atoms with Crippen molar-refractivity contribution in [3.05, 3.63) is 29.8 Å². The molecule has 1 aromatic rings. The van der Waals surface area contributed by atoms with E-state index in [2.05, 4.69) is 5.16 Å². The number of benzene rings is 1. The topological polar surface area (TPSA) is 61.8 Å². The summed E-state index contributed by atoms with van der Waals surface area (Å²) in [6.45, 7) is -1.03. The summed E-state index contributed by atoms with van der Waals surface area (Å²) in [6, 6.07) is 5.91. The van der Waals surface area contributed by atoms with Gasteiger partial charge in [0.05, 0.1) is 0 Å². The van der Waals surface area contributed by atoms with Gasteiger partial charge in [0.2, 0.25) is 0 Å². The lowest BCUT2D eigenvalue weighted by Gasteiger charge is -2.20. The molecule has 0 aliphatic heterocycles. The molecule has 7 heteroatoms. The smallest absolute Gasteiger partial charge is 0.405 e. The second kappa shape index (κ2) is 4.94. The zero-order chi connectivity index (χ0) is 13.1. The van der Waals surface area contributed by atoms with Crippen LogP contribution in [0, 0.1) is 0 Å². The highest BCUT2D eigenvalue weighted by Gasteiger charge is 2.29. The molecule has 0 unspecified atom stereocenters. The lowest BCUT2D eigenvalue weighted by atomic mass is 10.2. The number of alkyl halides is 3. The third kappa shape index (κ3) is 3.86. The number of nitrogens with zero attached hydrogens (tertiary/aromatic N) is 2. The van der Waals surface area contributed by atoms with E-state index in [0.717, 1.165) is 4.90 Å². The van der Waals surface area contributed by atoms with Gasteiger partial charge in [0.1, 0.15) is 6.54 Å². The predicted octanol–water partition coefficient (Wildman–Crippen LogP) is 1.78. The maximum atomic E-state index is 12.1. The Kier molecular flexibility index (Phi) is 3.82. The fraction of sp³-hybridized carbons (Fsp3) is 0.300. The molecule has 0 atom stereocenters. The Labute approximate surface area is 96.1 Å². The first-order chi connectivity index (χ1) is 7.83. The molecule has 1 rings (SSSR count). The molecule has 3 N–H and O–H groups in total. The van der Waals surface area contributed by atoms with Crippen LogP contribution in [0.5, 0.6) is 0 Å².